The number of alkyl halides is 3. The van der Waals surface area contributed by atoms with Crippen LogP contribution < -0.4 is 10.6 Å². The van der Waals surface area contributed by atoms with Gasteiger partial charge in [-0.2, -0.15) is 18.2 Å². The van der Waals surface area contributed by atoms with Crippen LogP contribution in [0.15, 0.2) is 6.20 Å². The summed E-state index contributed by atoms with van der Waals surface area (Å²) in [6.45, 7) is 2.45. The topological polar surface area (TPSA) is 93.0 Å². The molecular formula is C11H16F3N5O2. The van der Waals surface area contributed by atoms with Crippen LogP contribution in [0.2, 0.25) is 0 Å². The van der Waals surface area contributed by atoms with Crippen LogP contribution in [0.4, 0.5) is 30.6 Å². The van der Waals surface area contributed by atoms with Gasteiger partial charge in [-0.25, -0.2) is 4.98 Å². The van der Waals surface area contributed by atoms with Crippen molar-refractivity contribution in [2.75, 3.05) is 23.7 Å². The number of nitro groups is 1. The number of hydrogen-bond donors (Lipinski definition) is 2. The molecule has 0 fully saturated rings. The molecule has 7 nitrogen and oxygen atoms in total. The highest BCUT2D eigenvalue weighted by molar-refractivity contribution is 5.56. The van der Waals surface area contributed by atoms with E-state index in [4.69, 9.17) is 0 Å². The molecule has 2 N–H and O–H groups in total. The first-order valence-corrected chi connectivity index (χ1v) is 6.39. The number of nitrogens with one attached hydrogen (secondary N) is 2. The van der Waals surface area contributed by atoms with E-state index in [1.165, 1.54) is 0 Å². The highest BCUT2D eigenvalue weighted by atomic mass is 19.4. The quantitative estimate of drug-likeness (QED) is 0.436. The van der Waals surface area contributed by atoms with Gasteiger partial charge in [0.2, 0.25) is 11.8 Å². The lowest BCUT2D eigenvalue weighted by Gasteiger charge is -2.09. The van der Waals surface area contributed by atoms with E-state index in [1.54, 1.807) is 0 Å². The van der Waals surface area contributed by atoms with Gasteiger partial charge in [0.1, 0.15) is 6.20 Å². The summed E-state index contributed by atoms with van der Waals surface area (Å²) in [5, 5.41) is 16.2. The second kappa shape index (κ2) is 7.60. The molecule has 1 aromatic rings. The van der Waals surface area contributed by atoms with Crippen molar-refractivity contribution in [2.24, 2.45) is 0 Å². The molecule has 0 aliphatic carbocycles. The summed E-state index contributed by atoms with van der Waals surface area (Å²) in [4.78, 5) is 17.8. The van der Waals surface area contributed by atoms with Crippen molar-refractivity contribution in [3.63, 3.8) is 0 Å². The zero-order chi connectivity index (χ0) is 15.9. The predicted molar refractivity (Wildman–Crippen MR) is 71.2 cm³/mol. The van der Waals surface area contributed by atoms with E-state index < -0.39 is 17.5 Å². The standard InChI is InChI=1S/C11H16F3N5O2/c1-2-5-16-10-17-7-8(19(20)21)9(18-10)15-6-3-4-11(12,13)14/h7H,2-6H2,1H3,(H2,15,16,17,18). The zero-order valence-corrected chi connectivity index (χ0v) is 11.4. The van der Waals surface area contributed by atoms with Crippen LogP contribution in [0.5, 0.6) is 0 Å². The third kappa shape index (κ3) is 6.23. The summed E-state index contributed by atoms with van der Waals surface area (Å²) in [7, 11) is 0. The van der Waals surface area contributed by atoms with Crippen molar-refractivity contribution >= 4 is 17.5 Å². The van der Waals surface area contributed by atoms with E-state index in [9.17, 15) is 23.3 Å². The van der Waals surface area contributed by atoms with Crippen LogP contribution in [-0.4, -0.2) is 34.2 Å². The molecule has 1 rings (SSSR count). The monoisotopic (exact) mass is 307 g/mol. The molecule has 0 radical (unpaired) electrons. The molecule has 0 saturated carbocycles. The molecule has 1 aromatic heterocycles. The summed E-state index contributed by atoms with van der Waals surface area (Å²) in [5.41, 5.74) is -0.371. The van der Waals surface area contributed by atoms with E-state index in [0.717, 1.165) is 12.6 Å². The second-order valence-corrected chi connectivity index (χ2v) is 4.26. The summed E-state index contributed by atoms with van der Waals surface area (Å²) in [6.07, 6.45) is -3.55. The fourth-order valence-corrected chi connectivity index (χ4v) is 1.46. The highest BCUT2D eigenvalue weighted by Crippen LogP contribution is 2.24. The van der Waals surface area contributed by atoms with E-state index in [0.29, 0.717) is 6.54 Å². The van der Waals surface area contributed by atoms with Gasteiger partial charge in [0.25, 0.3) is 0 Å². The summed E-state index contributed by atoms with van der Waals surface area (Å²) in [5.74, 6) is 0.108. The minimum absolute atomic E-state index is 0.0649. The maximum absolute atomic E-state index is 12.0. The maximum Gasteiger partial charge on any atom is 0.389 e. The number of nitrogens with zero attached hydrogens (tertiary/aromatic N) is 3. The lowest BCUT2D eigenvalue weighted by atomic mass is 10.3. The molecule has 0 bridgehead atoms. The summed E-state index contributed by atoms with van der Waals surface area (Å²) >= 11 is 0. The molecule has 0 atom stereocenters. The van der Waals surface area contributed by atoms with Crippen LogP contribution >= 0.6 is 0 Å². The van der Waals surface area contributed by atoms with Gasteiger partial charge in [-0.1, -0.05) is 6.92 Å². The van der Waals surface area contributed by atoms with E-state index in [1.807, 2.05) is 6.92 Å². The molecule has 0 spiro atoms. The molecule has 1 heterocycles. The molecule has 0 aliphatic rings. The van der Waals surface area contributed by atoms with Gasteiger partial charge in [0, 0.05) is 19.5 Å². The largest absolute Gasteiger partial charge is 0.389 e. The van der Waals surface area contributed by atoms with Crippen molar-refractivity contribution in [3.8, 4) is 0 Å². The first-order chi connectivity index (χ1) is 9.83. The Morgan fingerprint density at radius 2 is 2.05 bits per heavy atom. The Balaban J connectivity index is 2.69. The predicted octanol–water partition coefficient (Wildman–Crippen LogP) is 2.96. The number of anilines is 2. The zero-order valence-electron chi connectivity index (χ0n) is 11.4. The molecular weight excluding hydrogens is 291 g/mol. The molecule has 21 heavy (non-hydrogen) atoms. The molecule has 0 amide bonds. The molecule has 0 aromatic carbocycles. The maximum atomic E-state index is 12.0. The minimum atomic E-state index is -4.24. The van der Waals surface area contributed by atoms with E-state index in [2.05, 4.69) is 20.6 Å². The third-order valence-electron chi connectivity index (χ3n) is 2.43. The van der Waals surface area contributed by atoms with Crippen LogP contribution in [0.25, 0.3) is 0 Å². The average molecular weight is 307 g/mol. The summed E-state index contributed by atoms with van der Waals surface area (Å²) in [6, 6.07) is 0. The van der Waals surface area contributed by atoms with Crippen LogP contribution in [0.1, 0.15) is 26.2 Å². The number of halogens is 3. The third-order valence-corrected chi connectivity index (χ3v) is 2.43. The van der Waals surface area contributed by atoms with Gasteiger partial charge < -0.3 is 10.6 Å². The van der Waals surface area contributed by atoms with Crippen molar-refractivity contribution in [2.45, 2.75) is 32.4 Å². The molecule has 0 unspecified atom stereocenters. The minimum Gasteiger partial charge on any atom is -0.364 e. The van der Waals surface area contributed by atoms with Crippen molar-refractivity contribution in [1.82, 2.24) is 9.97 Å². The average Bonchev–Trinajstić information content (AvgIpc) is 2.40. The van der Waals surface area contributed by atoms with Gasteiger partial charge in [-0.3, -0.25) is 10.1 Å². The fraction of sp³-hybridized carbons (Fsp3) is 0.636. The second-order valence-electron chi connectivity index (χ2n) is 4.26. The molecule has 0 saturated heterocycles. The first-order valence-electron chi connectivity index (χ1n) is 6.39. The van der Waals surface area contributed by atoms with Crippen LogP contribution in [-0.2, 0) is 0 Å². The Hall–Kier alpha value is -2.13. The molecule has 0 aliphatic heterocycles. The van der Waals surface area contributed by atoms with E-state index in [-0.39, 0.29) is 30.4 Å². The fourth-order valence-electron chi connectivity index (χ4n) is 1.46. The Labute approximate surface area is 119 Å². The van der Waals surface area contributed by atoms with Crippen LogP contribution in [0.3, 0.4) is 0 Å². The van der Waals surface area contributed by atoms with Gasteiger partial charge in [-0.05, 0) is 12.8 Å². The Kier molecular flexibility index (Phi) is 6.12. The smallest absolute Gasteiger partial charge is 0.364 e. The van der Waals surface area contributed by atoms with Gasteiger partial charge in [0.05, 0.1) is 4.92 Å². The van der Waals surface area contributed by atoms with Crippen molar-refractivity contribution < 1.29 is 18.1 Å². The SMILES string of the molecule is CCCNc1ncc([N+](=O)[O-])c(NCCCC(F)(F)F)n1. The Morgan fingerprint density at radius 1 is 1.33 bits per heavy atom. The van der Waals surface area contributed by atoms with E-state index >= 15 is 0 Å². The Morgan fingerprint density at radius 3 is 2.62 bits per heavy atom. The normalized spacial score (nSPS) is 11.2. The Bertz CT molecular complexity index is 481. The van der Waals surface area contributed by atoms with Crippen molar-refractivity contribution in [3.05, 3.63) is 16.3 Å². The van der Waals surface area contributed by atoms with Gasteiger partial charge >= 0.3 is 11.9 Å². The first kappa shape index (κ1) is 16.9. The number of hydrogen-bond acceptors (Lipinski definition) is 6. The number of aromatic nitrogens is 2. The summed E-state index contributed by atoms with van der Waals surface area (Å²) < 4.78 is 36.1. The lowest BCUT2D eigenvalue weighted by Crippen LogP contribution is -2.13. The molecule has 118 valence electrons. The van der Waals surface area contributed by atoms with Crippen LogP contribution in [0, 0.1) is 10.1 Å². The highest BCUT2D eigenvalue weighted by Gasteiger charge is 2.26. The van der Waals surface area contributed by atoms with Gasteiger partial charge in [-0.15, -0.1) is 0 Å². The van der Waals surface area contributed by atoms with Gasteiger partial charge in [0.15, 0.2) is 0 Å². The lowest BCUT2D eigenvalue weighted by molar-refractivity contribution is -0.384. The number of rotatable bonds is 8. The molecule has 10 heteroatoms. The van der Waals surface area contributed by atoms with Crippen molar-refractivity contribution in [1.29, 1.82) is 0 Å².